The van der Waals surface area contributed by atoms with Gasteiger partial charge in [0.25, 0.3) is 5.24 Å². The van der Waals surface area contributed by atoms with Gasteiger partial charge in [-0.05, 0) is 25.5 Å². The Balaban J connectivity index is 1.96. The van der Waals surface area contributed by atoms with Crippen LogP contribution in [0.5, 0.6) is 0 Å². The number of hydrogen-bond donors (Lipinski definition) is 1. The number of carbonyl (C=O) groups is 2. The van der Waals surface area contributed by atoms with Crippen LogP contribution in [0.3, 0.4) is 0 Å². The average Bonchev–Trinajstić information content (AvgIpc) is 2.69. The number of hydrogen-bond acceptors (Lipinski definition) is 3. The molecule has 96 valence electrons. The summed E-state index contributed by atoms with van der Waals surface area (Å²) >= 11 is 1.27. The maximum absolute atomic E-state index is 11.8. The molecule has 1 aliphatic rings. The van der Waals surface area contributed by atoms with Crippen molar-refractivity contribution in [3.8, 4) is 0 Å². The van der Waals surface area contributed by atoms with E-state index in [1.54, 1.807) is 4.90 Å². The Morgan fingerprint density at radius 1 is 1.44 bits per heavy atom. The van der Waals surface area contributed by atoms with E-state index in [0.717, 1.165) is 22.6 Å². The van der Waals surface area contributed by atoms with Crippen LogP contribution in [0.4, 0.5) is 10.5 Å². The SMILES string of the molecule is Cc1ccc(NC(=O)CN2CCSC2=O)c(C)c1. The van der Waals surface area contributed by atoms with E-state index in [-0.39, 0.29) is 17.7 Å². The van der Waals surface area contributed by atoms with Crippen molar-refractivity contribution in [3.63, 3.8) is 0 Å². The number of aryl methyl sites for hydroxylation is 2. The monoisotopic (exact) mass is 264 g/mol. The molecule has 1 aliphatic heterocycles. The van der Waals surface area contributed by atoms with E-state index in [9.17, 15) is 9.59 Å². The van der Waals surface area contributed by atoms with Gasteiger partial charge < -0.3 is 10.2 Å². The first-order chi connectivity index (χ1) is 8.56. The van der Waals surface area contributed by atoms with E-state index in [1.807, 2.05) is 32.0 Å². The van der Waals surface area contributed by atoms with Crippen LogP contribution in [0.1, 0.15) is 11.1 Å². The van der Waals surface area contributed by atoms with Gasteiger partial charge >= 0.3 is 0 Å². The standard InChI is InChI=1S/C13H16N2O2S/c1-9-3-4-11(10(2)7-9)14-12(16)8-15-5-6-18-13(15)17/h3-4,7H,5-6,8H2,1-2H3,(H,14,16). The van der Waals surface area contributed by atoms with Gasteiger partial charge in [-0.1, -0.05) is 29.5 Å². The van der Waals surface area contributed by atoms with Gasteiger partial charge in [0.2, 0.25) is 5.91 Å². The molecule has 4 nitrogen and oxygen atoms in total. The predicted octanol–water partition coefficient (Wildman–Crippen LogP) is 2.41. The van der Waals surface area contributed by atoms with Crippen molar-refractivity contribution in [2.24, 2.45) is 0 Å². The second kappa shape index (κ2) is 5.44. The molecule has 18 heavy (non-hydrogen) atoms. The van der Waals surface area contributed by atoms with Crippen molar-refractivity contribution in [1.29, 1.82) is 0 Å². The van der Waals surface area contributed by atoms with Gasteiger partial charge in [-0.3, -0.25) is 9.59 Å². The lowest BCUT2D eigenvalue weighted by Crippen LogP contribution is -2.33. The molecule has 2 amide bonds. The summed E-state index contributed by atoms with van der Waals surface area (Å²) in [4.78, 5) is 24.8. The molecule has 0 spiro atoms. The lowest BCUT2D eigenvalue weighted by atomic mass is 10.1. The molecule has 1 saturated heterocycles. The zero-order valence-electron chi connectivity index (χ0n) is 10.5. The molecule has 5 heteroatoms. The van der Waals surface area contributed by atoms with Crippen LogP contribution in [0.2, 0.25) is 0 Å². The van der Waals surface area contributed by atoms with E-state index < -0.39 is 0 Å². The number of nitrogens with one attached hydrogen (secondary N) is 1. The Hall–Kier alpha value is -1.49. The minimum absolute atomic E-state index is 0.00854. The van der Waals surface area contributed by atoms with Crippen LogP contribution in [-0.4, -0.2) is 34.9 Å². The minimum atomic E-state index is -0.141. The van der Waals surface area contributed by atoms with E-state index >= 15 is 0 Å². The molecule has 1 aromatic carbocycles. The molecule has 1 heterocycles. The first-order valence-electron chi connectivity index (χ1n) is 5.85. The van der Waals surface area contributed by atoms with E-state index in [2.05, 4.69) is 5.32 Å². The number of rotatable bonds is 3. The van der Waals surface area contributed by atoms with Crippen LogP contribution in [0.25, 0.3) is 0 Å². The van der Waals surface area contributed by atoms with Crippen molar-refractivity contribution >= 4 is 28.6 Å². The van der Waals surface area contributed by atoms with Gasteiger partial charge in [-0.25, -0.2) is 0 Å². The fraction of sp³-hybridized carbons (Fsp3) is 0.385. The van der Waals surface area contributed by atoms with Crippen molar-refractivity contribution in [2.45, 2.75) is 13.8 Å². The Morgan fingerprint density at radius 3 is 2.83 bits per heavy atom. The normalized spacial score (nSPS) is 15.0. The van der Waals surface area contributed by atoms with Crippen molar-refractivity contribution in [2.75, 3.05) is 24.2 Å². The van der Waals surface area contributed by atoms with E-state index in [4.69, 9.17) is 0 Å². The summed E-state index contributed by atoms with van der Waals surface area (Å²) in [5, 5.41) is 2.83. The number of anilines is 1. The average molecular weight is 264 g/mol. The summed E-state index contributed by atoms with van der Waals surface area (Å²) in [5.74, 6) is 0.633. The van der Waals surface area contributed by atoms with Crippen LogP contribution >= 0.6 is 11.8 Å². The second-order valence-electron chi connectivity index (χ2n) is 4.40. The van der Waals surface area contributed by atoms with Gasteiger partial charge in [0, 0.05) is 18.0 Å². The number of nitrogens with zero attached hydrogens (tertiary/aromatic N) is 1. The lowest BCUT2D eigenvalue weighted by molar-refractivity contribution is -0.116. The smallest absolute Gasteiger partial charge is 0.282 e. The summed E-state index contributed by atoms with van der Waals surface area (Å²) in [5.41, 5.74) is 3.01. The molecular formula is C13H16N2O2S. The molecule has 0 atom stereocenters. The van der Waals surface area contributed by atoms with Crippen molar-refractivity contribution < 1.29 is 9.59 Å². The van der Waals surface area contributed by atoms with Gasteiger partial charge in [0.15, 0.2) is 0 Å². The van der Waals surface area contributed by atoms with E-state index in [1.165, 1.54) is 11.8 Å². The largest absolute Gasteiger partial charge is 0.324 e. The van der Waals surface area contributed by atoms with Crippen LogP contribution in [0.15, 0.2) is 18.2 Å². The van der Waals surface area contributed by atoms with Crippen molar-refractivity contribution in [1.82, 2.24) is 4.90 Å². The number of benzene rings is 1. The summed E-state index contributed by atoms with van der Waals surface area (Å²) in [6.45, 7) is 4.77. The highest BCUT2D eigenvalue weighted by atomic mass is 32.2. The number of amides is 2. The molecule has 0 saturated carbocycles. The van der Waals surface area contributed by atoms with Gasteiger partial charge in [0.1, 0.15) is 6.54 Å². The van der Waals surface area contributed by atoms with Crippen molar-refractivity contribution in [3.05, 3.63) is 29.3 Å². The Kier molecular flexibility index (Phi) is 3.91. The molecular weight excluding hydrogens is 248 g/mol. The third kappa shape index (κ3) is 3.04. The Labute approximate surface area is 111 Å². The highest BCUT2D eigenvalue weighted by Crippen LogP contribution is 2.18. The second-order valence-corrected chi connectivity index (χ2v) is 5.45. The van der Waals surface area contributed by atoms with E-state index in [0.29, 0.717) is 6.54 Å². The zero-order valence-corrected chi connectivity index (χ0v) is 11.3. The molecule has 0 radical (unpaired) electrons. The maximum atomic E-state index is 11.8. The summed E-state index contributed by atoms with van der Waals surface area (Å²) < 4.78 is 0. The Morgan fingerprint density at radius 2 is 2.22 bits per heavy atom. The lowest BCUT2D eigenvalue weighted by Gasteiger charge is -2.15. The minimum Gasteiger partial charge on any atom is -0.324 e. The summed E-state index contributed by atoms with van der Waals surface area (Å²) in [6.07, 6.45) is 0. The van der Waals surface area contributed by atoms with Gasteiger partial charge in [-0.2, -0.15) is 0 Å². The van der Waals surface area contributed by atoms with Gasteiger partial charge in [-0.15, -0.1) is 0 Å². The topological polar surface area (TPSA) is 49.4 Å². The molecule has 0 bridgehead atoms. The molecule has 1 aromatic rings. The van der Waals surface area contributed by atoms with Crippen LogP contribution in [-0.2, 0) is 4.79 Å². The molecule has 2 rings (SSSR count). The maximum Gasteiger partial charge on any atom is 0.282 e. The summed E-state index contributed by atoms with van der Waals surface area (Å²) in [6, 6.07) is 5.87. The van der Waals surface area contributed by atoms with Crippen LogP contribution < -0.4 is 5.32 Å². The zero-order chi connectivity index (χ0) is 13.1. The fourth-order valence-corrected chi connectivity index (χ4v) is 2.71. The van der Waals surface area contributed by atoms with Gasteiger partial charge in [0.05, 0.1) is 0 Å². The molecule has 0 aliphatic carbocycles. The highest BCUT2D eigenvalue weighted by molar-refractivity contribution is 8.13. The highest BCUT2D eigenvalue weighted by Gasteiger charge is 2.23. The third-order valence-electron chi connectivity index (χ3n) is 2.84. The number of carbonyl (C=O) groups excluding carboxylic acids is 2. The first-order valence-corrected chi connectivity index (χ1v) is 6.83. The molecule has 1 fully saturated rings. The number of thioether (sulfide) groups is 1. The fourth-order valence-electron chi connectivity index (χ4n) is 1.89. The molecule has 0 aromatic heterocycles. The third-order valence-corrected chi connectivity index (χ3v) is 3.73. The first kappa shape index (κ1) is 13.0. The quantitative estimate of drug-likeness (QED) is 0.912. The molecule has 1 N–H and O–H groups in total. The van der Waals surface area contributed by atoms with Crippen LogP contribution in [0, 0.1) is 13.8 Å². The predicted molar refractivity (Wildman–Crippen MR) is 74.0 cm³/mol. The molecule has 0 unspecified atom stereocenters. The summed E-state index contributed by atoms with van der Waals surface area (Å²) in [7, 11) is 0. The Bertz CT molecular complexity index is 488.